The number of hydrogen-bond acceptors (Lipinski definition) is 6. The van der Waals surface area contributed by atoms with E-state index < -0.39 is 30.4 Å². The van der Waals surface area contributed by atoms with Crippen LogP contribution in [0, 0.1) is 12.7 Å². The van der Waals surface area contributed by atoms with Crippen LogP contribution in [0.25, 0.3) is 0 Å². The zero-order chi connectivity index (χ0) is 21.5. The predicted octanol–water partition coefficient (Wildman–Crippen LogP) is 3.54. The largest absolute Gasteiger partial charge is 0.495 e. The van der Waals surface area contributed by atoms with E-state index in [0.29, 0.717) is 30.1 Å². The van der Waals surface area contributed by atoms with Crippen LogP contribution in [0.15, 0.2) is 30.3 Å². The summed E-state index contributed by atoms with van der Waals surface area (Å²) >= 11 is 0. The van der Waals surface area contributed by atoms with Crippen LogP contribution in [-0.2, 0) is 25.2 Å². The molecular weight excluding hydrogens is 388 g/mol. The summed E-state index contributed by atoms with van der Waals surface area (Å²) in [6.45, 7) is 10.7. The van der Waals surface area contributed by atoms with E-state index in [9.17, 15) is 0 Å². The number of rotatable bonds is 5. The summed E-state index contributed by atoms with van der Waals surface area (Å²) in [7, 11) is -0.702. The molecule has 0 bridgehead atoms. The van der Waals surface area contributed by atoms with Gasteiger partial charge in [0.15, 0.2) is 17.9 Å². The Kier molecular flexibility index (Phi) is 5.61. The first-order valence-corrected chi connectivity index (χ1v) is 10.2. The highest BCUT2D eigenvalue weighted by Gasteiger charge is 2.52. The lowest BCUT2D eigenvalue weighted by atomic mass is 9.75. The van der Waals surface area contributed by atoms with E-state index in [1.807, 2.05) is 46.8 Å². The lowest BCUT2D eigenvalue weighted by molar-refractivity contribution is -0.0403. The molecule has 0 unspecified atom stereocenters. The molecule has 0 radical (unpaired) electrons. The Balaban J connectivity index is 1.70. The molecule has 3 heterocycles. The van der Waals surface area contributed by atoms with Crippen molar-refractivity contribution < 1.29 is 27.9 Å². The fourth-order valence-corrected chi connectivity index (χ4v) is 3.47. The van der Waals surface area contributed by atoms with Gasteiger partial charge in [-0.05, 0) is 57.8 Å². The van der Waals surface area contributed by atoms with Gasteiger partial charge in [0, 0.05) is 18.2 Å². The average molecular weight is 415 g/mol. The van der Waals surface area contributed by atoms with E-state index in [1.54, 1.807) is 18.2 Å². The minimum absolute atomic E-state index is 0.0846. The zero-order valence-electron chi connectivity index (χ0n) is 18.0. The Labute approximate surface area is 176 Å². The van der Waals surface area contributed by atoms with Gasteiger partial charge >= 0.3 is 7.12 Å². The number of aromatic nitrogens is 1. The summed E-state index contributed by atoms with van der Waals surface area (Å²) in [5.74, 6) is -0.0809. The van der Waals surface area contributed by atoms with Crippen molar-refractivity contribution in [3.05, 3.63) is 47.4 Å². The lowest BCUT2D eigenvalue weighted by Crippen LogP contribution is -2.41. The molecule has 1 aromatic heterocycles. The molecule has 8 heteroatoms. The van der Waals surface area contributed by atoms with E-state index in [2.05, 4.69) is 4.98 Å². The van der Waals surface area contributed by atoms with E-state index in [1.165, 1.54) is 0 Å². The van der Waals surface area contributed by atoms with Crippen LogP contribution in [0.2, 0.25) is 0 Å². The number of ether oxygens (including phenoxy) is 3. The minimum Gasteiger partial charge on any atom is -0.436 e. The van der Waals surface area contributed by atoms with Crippen molar-refractivity contribution in [2.24, 2.45) is 0 Å². The molecule has 160 valence electrons. The smallest absolute Gasteiger partial charge is 0.436 e. The van der Waals surface area contributed by atoms with Crippen molar-refractivity contribution in [1.29, 1.82) is 0 Å². The molecule has 6 nitrogen and oxygen atoms in total. The summed E-state index contributed by atoms with van der Waals surface area (Å²) in [5.41, 5.74) is 0.717. The van der Waals surface area contributed by atoms with Gasteiger partial charge in [0.05, 0.1) is 24.4 Å². The van der Waals surface area contributed by atoms with Crippen LogP contribution in [0.3, 0.4) is 0 Å². The quantitative estimate of drug-likeness (QED) is 0.697. The van der Waals surface area contributed by atoms with Crippen LogP contribution in [0.4, 0.5) is 4.39 Å². The van der Waals surface area contributed by atoms with Gasteiger partial charge in [-0.15, -0.1) is 0 Å². The highest BCUT2D eigenvalue weighted by atomic mass is 19.1. The van der Waals surface area contributed by atoms with E-state index in [0.717, 1.165) is 5.69 Å². The Bertz CT molecular complexity index is 914. The maximum Gasteiger partial charge on any atom is 0.495 e. The van der Waals surface area contributed by atoms with Gasteiger partial charge in [-0.2, -0.15) is 0 Å². The van der Waals surface area contributed by atoms with Crippen LogP contribution >= 0.6 is 0 Å². The molecule has 2 fully saturated rings. The number of aryl methyl sites for hydroxylation is 1. The molecule has 0 saturated carbocycles. The summed E-state index contributed by atoms with van der Waals surface area (Å²) in [6, 6.07) is 8.72. The molecule has 2 saturated heterocycles. The van der Waals surface area contributed by atoms with Crippen LogP contribution < -0.4 is 10.2 Å². The first-order chi connectivity index (χ1) is 14.2. The minimum atomic E-state index is -0.702. The molecule has 4 rings (SSSR count). The van der Waals surface area contributed by atoms with E-state index in [-0.39, 0.29) is 12.2 Å². The summed E-state index contributed by atoms with van der Waals surface area (Å²) in [5, 5.41) is 0. The van der Waals surface area contributed by atoms with Crippen molar-refractivity contribution in [3.63, 3.8) is 0 Å². The van der Waals surface area contributed by atoms with Crippen molar-refractivity contribution in [2.75, 3.05) is 13.2 Å². The summed E-state index contributed by atoms with van der Waals surface area (Å²) in [6.07, 6.45) is -0.294. The van der Waals surface area contributed by atoms with E-state index >= 15 is 4.39 Å². The van der Waals surface area contributed by atoms with Crippen molar-refractivity contribution >= 4 is 12.6 Å². The molecule has 0 N–H and O–H groups in total. The average Bonchev–Trinajstić information content (AvgIpc) is 3.24. The number of pyridine rings is 1. The van der Waals surface area contributed by atoms with Crippen LogP contribution in [0.5, 0.6) is 11.6 Å². The lowest BCUT2D eigenvalue weighted by Gasteiger charge is -2.32. The molecule has 0 spiro atoms. The maximum atomic E-state index is 15.6. The van der Waals surface area contributed by atoms with Crippen molar-refractivity contribution in [1.82, 2.24) is 4.98 Å². The zero-order valence-corrected chi connectivity index (χ0v) is 18.0. The van der Waals surface area contributed by atoms with Gasteiger partial charge in [0.2, 0.25) is 5.88 Å². The highest BCUT2D eigenvalue weighted by Crippen LogP contribution is 2.37. The third-order valence-corrected chi connectivity index (χ3v) is 5.89. The highest BCUT2D eigenvalue weighted by molar-refractivity contribution is 6.62. The van der Waals surface area contributed by atoms with Crippen LogP contribution in [-0.4, -0.2) is 42.8 Å². The second kappa shape index (κ2) is 7.92. The monoisotopic (exact) mass is 415 g/mol. The van der Waals surface area contributed by atoms with Gasteiger partial charge < -0.3 is 23.5 Å². The van der Waals surface area contributed by atoms with Gasteiger partial charge in [-0.25, -0.2) is 9.37 Å². The molecular formula is C22H27BFNO5. The van der Waals surface area contributed by atoms with Crippen LogP contribution in [0.1, 0.15) is 39.0 Å². The fraction of sp³-hybridized carbons (Fsp3) is 0.500. The number of hydrogen-bond donors (Lipinski definition) is 0. The standard InChI is InChI=1S/C22H27BFNO5/c1-14-7-6-8-18(25-14)28-17-10-9-16(23-29-21(2,3)22(4,5)30-23)15(20(17)24)13-19-26-11-12-27-19/h6-10,19H,11-13H2,1-5H3. The third kappa shape index (κ3) is 4.10. The maximum absolute atomic E-state index is 15.6. The normalized spacial score (nSPS) is 20.7. The molecule has 2 aliphatic rings. The molecule has 2 aromatic rings. The van der Waals surface area contributed by atoms with E-state index in [4.69, 9.17) is 23.5 Å². The molecule has 1 aromatic carbocycles. The Morgan fingerprint density at radius 1 is 1.07 bits per heavy atom. The van der Waals surface area contributed by atoms with Gasteiger partial charge in [0.1, 0.15) is 0 Å². The SMILES string of the molecule is Cc1cccc(Oc2ccc(B3OC(C)(C)C(C)(C)O3)c(CC3OCCO3)c2F)n1. The first-order valence-electron chi connectivity index (χ1n) is 10.2. The number of benzene rings is 1. The molecule has 0 aliphatic carbocycles. The summed E-state index contributed by atoms with van der Waals surface area (Å²) in [4.78, 5) is 4.29. The second-order valence-corrected chi connectivity index (χ2v) is 8.63. The molecule has 30 heavy (non-hydrogen) atoms. The number of nitrogens with zero attached hydrogens (tertiary/aromatic N) is 1. The topological polar surface area (TPSA) is 59.0 Å². The Morgan fingerprint density at radius 3 is 2.37 bits per heavy atom. The first kappa shape index (κ1) is 21.2. The summed E-state index contributed by atoms with van der Waals surface area (Å²) < 4.78 is 44.8. The fourth-order valence-electron chi connectivity index (χ4n) is 3.47. The third-order valence-electron chi connectivity index (χ3n) is 5.89. The second-order valence-electron chi connectivity index (χ2n) is 8.63. The van der Waals surface area contributed by atoms with Crippen molar-refractivity contribution in [2.45, 2.75) is 58.5 Å². The van der Waals surface area contributed by atoms with Gasteiger partial charge in [0.25, 0.3) is 0 Å². The number of halogens is 1. The predicted molar refractivity (Wildman–Crippen MR) is 111 cm³/mol. The molecule has 0 amide bonds. The molecule has 0 atom stereocenters. The Hall–Kier alpha value is -2.00. The Morgan fingerprint density at radius 2 is 1.73 bits per heavy atom. The van der Waals surface area contributed by atoms with Gasteiger partial charge in [-0.3, -0.25) is 0 Å². The van der Waals surface area contributed by atoms with Gasteiger partial charge in [-0.1, -0.05) is 12.1 Å². The molecule has 2 aliphatic heterocycles. The van der Waals surface area contributed by atoms with Crippen molar-refractivity contribution in [3.8, 4) is 11.6 Å².